The van der Waals surface area contributed by atoms with Crippen molar-refractivity contribution in [2.75, 3.05) is 33.4 Å². The summed E-state index contributed by atoms with van der Waals surface area (Å²) in [6.07, 6.45) is 3.00. The Balaban J connectivity index is 4.33. The zero-order valence-electron chi connectivity index (χ0n) is 13.0. The van der Waals surface area contributed by atoms with Gasteiger partial charge in [0.15, 0.2) is 0 Å². The van der Waals surface area contributed by atoms with Crippen molar-refractivity contribution in [2.24, 2.45) is 5.73 Å². The number of nitrogens with two attached hydrogens (primary N) is 1. The van der Waals surface area contributed by atoms with Crippen LogP contribution in [-0.4, -0.2) is 56.1 Å². The van der Waals surface area contributed by atoms with Crippen LogP contribution in [0.3, 0.4) is 0 Å². The number of ether oxygens (including phenoxy) is 1. The smallest absolute Gasteiger partial charge is 0.239 e. The van der Waals surface area contributed by atoms with Gasteiger partial charge in [0.1, 0.15) is 0 Å². The molecule has 20 heavy (non-hydrogen) atoms. The molecule has 6 heteroatoms. The van der Waals surface area contributed by atoms with E-state index in [4.69, 9.17) is 10.5 Å². The van der Waals surface area contributed by atoms with Crippen LogP contribution in [0.4, 0.5) is 0 Å². The number of methoxy groups -OCH3 is 1. The van der Waals surface area contributed by atoms with Crippen molar-refractivity contribution in [3.8, 4) is 0 Å². The van der Waals surface area contributed by atoms with Crippen LogP contribution in [0.15, 0.2) is 0 Å². The van der Waals surface area contributed by atoms with Crippen molar-refractivity contribution in [1.82, 2.24) is 10.2 Å². The molecule has 0 aromatic carbocycles. The molecular weight excluding hydrogens is 258 g/mol. The van der Waals surface area contributed by atoms with Gasteiger partial charge in [-0.1, -0.05) is 13.8 Å². The van der Waals surface area contributed by atoms with Gasteiger partial charge < -0.3 is 20.7 Å². The second-order valence-electron chi connectivity index (χ2n) is 4.85. The summed E-state index contributed by atoms with van der Waals surface area (Å²) in [5.41, 5.74) is 5.89. The predicted octanol–water partition coefficient (Wildman–Crippen LogP) is 0.505. The Morgan fingerprint density at radius 1 is 1.30 bits per heavy atom. The van der Waals surface area contributed by atoms with Crippen molar-refractivity contribution >= 4 is 11.8 Å². The van der Waals surface area contributed by atoms with Crippen LogP contribution in [0.1, 0.15) is 39.5 Å². The van der Waals surface area contributed by atoms with Crippen molar-refractivity contribution in [3.05, 3.63) is 0 Å². The van der Waals surface area contributed by atoms with Crippen LogP contribution in [-0.2, 0) is 14.3 Å². The summed E-state index contributed by atoms with van der Waals surface area (Å²) in [6.45, 7) is 5.82. The van der Waals surface area contributed by atoms with Crippen molar-refractivity contribution in [2.45, 2.75) is 45.6 Å². The van der Waals surface area contributed by atoms with E-state index in [-0.39, 0.29) is 18.4 Å². The van der Waals surface area contributed by atoms with E-state index >= 15 is 0 Å². The van der Waals surface area contributed by atoms with Gasteiger partial charge in [0, 0.05) is 26.8 Å². The minimum atomic E-state index is -0.560. The predicted molar refractivity (Wildman–Crippen MR) is 79.3 cm³/mol. The van der Waals surface area contributed by atoms with E-state index in [0.717, 1.165) is 19.3 Å². The van der Waals surface area contributed by atoms with Gasteiger partial charge in [-0.2, -0.15) is 0 Å². The van der Waals surface area contributed by atoms with E-state index in [0.29, 0.717) is 26.1 Å². The summed E-state index contributed by atoms with van der Waals surface area (Å²) in [6, 6.07) is -0.560. The van der Waals surface area contributed by atoms with Crippen LogP contribution in [0.5, 0.6) is 0 Å². The molecule has 0 rings (SSSR count). The highest BCUT2D eigenvalue weighted by atomic mass is 16.5. The highest BCUT2D eigenvalue weighted by Gasteiger charge is 2.22. The van der Waals surface area contributed by atoms with Crippen molar-refractivity contribution in [3.63, 3.8) is 0 Å². The Hall–Kier alpha value is -1.14. The summed E-state index contributed by atoms with van der Waals surface area (Å²) in [5.74, 6) is -0.285. The van der Waals surface area contributed by atoms with Crippen molar-refractivity contribution in [1.29, 1.82) is 0 Å². The molecule has 0 aliphatic heterocycles. The van der Waals surface area contributed by atoms with E-state index in [9.17, 15) is 9.59 Å². The van der Waals surface area contributed by atoms with Gasteiger partial charge in [-0.3, -0.25) is 9.59 Å². The van der Waals surface area contributed by atoms with E-state index in [1.54, 1.807) is 12.0 Å². The molecule has 0 heterocycles. The first-order valence-electron chi connectivity index (χ1n) is 7.36. The lowest BCUT2D eigenvalue weighted by Crippen LogP contribution is -2.48. The van der Waals surface area contributed by atoms with Crippen LogP contribution in [0.2, 0.25) is 0 Å². The van der Waals surface area contributed by atoms with Crippen LogP contribution in [0.25, 0.3) is 0 Å². The minimum Gasteiger partial charge on any atom is -0.385 e. The zero-order valence-corrected chi connectivity index (χ0v) is 13.0. The summed E-state index contributed by atoms with van der Waals surface area (Å²) in [5, 5.41) is 2.77. The third-order valence-electron chi connectivity index (χ3n) is 2.89. The quantitative estimate of drug-likeness (QED) is 0.542. The SMILES string of the molecule is CCCNC(=O)CN(CCC)C(=O)C(N)CCCOC. The molecule has 1 atom stereocenters. The number of hydrogen-bond acceptors (Lipinski definition) is 4. The van der Waals surface area contributed by atoms with Gasteiger partial charge in [-0.05, 0) is 25.7 Å². The maximum absolute atomic E-state index is 12.2. The Morgan fingerprint density at radius 2 is 2.00 bits per heavy atom. The summed E-state index contributed by atoms with van der Waals surface area (Å²) in [4.78, 5) is 25.5. The fourth-order valence-electron chi connectivity index (χ4n) is 1.84. The summed E-state index contributed by atoms with van der Waals surface area (Å²) in [7, 11) is 1.62. The number of nitrogens with zero attached hydrogens (tertiary/aromatic N) is 1. The summed E-state index contributed by atoms with van der Waals surface area (Å²) < 4.78 is 4.94. The normalized spacial score (nSPS) is 12.0. The van der Waals surface area contributed by atoms with Gasteiger partial charge in [0.05, 0.1) is 12.6 Å². The van der Waals surface area contributed by atoms with Gasteiger partial charge in [0.25, 0.3) is 0 Å². The number of amides is 2. The third kappa shape index (κ3) is 8.12. The Kier molecular flexibility index (Phi) is 11.0. The largest absolute Gasteiger partial charge is 0.385 e. The highest BCUT2D eigenvalue weighted by Crippen LogP contribution is 2.02. The lowest BCUT2D eigenvalue weighted by molar-refractivity contribution is -0.137. The topological polar surface area (TPSA) is 84.7 Å². The number of carbonyl (C=O) groups excluding carboxylic acids is 2. The summed E-state index contributed by atoms with van der Waals surface area (Å²) >= 11 is 0. The zero-order chi connectivity index (χ0) is 15.4. The molecule has 0 fully saturated rings. The molecule has 0 spiro atoms. The molecule has 0 aromatic rings. The second-order valence-corrected chi connectivity index (χ2v) is 4.85. The van der Waals surface area contributed by atoms with Gasteiger partial charge in [-0.15, -0.1) is 0 Å². The lowest BCUT2D eigenvalue weighted by Gasteiger charge is -2.24. The number of nitrogens with one attached hydrogen (secondary N) is 1. The molecule has 2 amide bonds. The average Bonchev–Trinajstić information content (AvgIpc) is 2.44. The standard InChI is InChI=1S/C14H29N3O3/c1-4-8-16-13(18)11-17(9-5-2)14(19)12(15)7-6-10-20-3/h12H,4-11,15H2,1-3H3,(H,16,18). The fourth-order valence-corrected chi connectivity index (χ4v) is 1.84. The third-order valence-corrected chi connectivity index (χ3v) is 2.89. The fraction of sp³-hybridized carbons (Fsp3) is 0.857. The molecule has 1 unspecified atom stereocenters. The maximum Gasteiger partial charge on any atom is 0.239 e. The Labute approximate surface area is 122 Å². The monoisotopic (exact) mass is 287 g/mol. The van der Waals surface area contributed by atoms with Crippen LogP contribution in [0, 0.1) is 0 Å². The molecule has 6 nitrogen and oxygen atoms in total. The molecule has 0 aliphatic carbocycles. The molecule has 0 aromatic heterocycles. The lowest BCUT2D eigenvalue weighted by atomic mass is 10.1. The van der Waals surface area contributed by atoms with Crippen LogP contribution < -0.4 is 11.1 Å². The van der Waals surface area contributed by atoms with E-state index in [1.807, 2.05) is 13.8 Å². The Bertz CT molecular complexity index is 285. The number of rotatable bonds is 11. The van der Waals surface area contributed by atoms with Crippen LogP contribution >= 0.6 is 0 Å². The average molecular weight is 287 g/mol. The number of hydrogen-bond donors (Lipinski definition) is 2. The van der Waals surface area contributed by atoms with Gasteiger partial charge in [0.2, 0.25) is 11.8 Å². The van der Waals surface area contributed by atoms with Gasteiger partial charge in [-0.25, -0.2) is 0 Å². The number of carbonyl (C=O) groups is 2. The first-order chi connectivity index (χ1) is 9.56. The highest BCUT2D eigenvalue weighted by molar-refractivity contribution is 5.87. The maximum atomic E-state index is 12.2. The van der Waals surface area contributed by atoms with E-state index < -0.39 is 6.04 Å². The second kappa shape index (κ2) is 11.7. The molecule has 0 saturated heterocycles. The minimum absolute atomic E-state index is 0.0879. The molecule has 118 valence electrons. The van der Waals surface area contributed by atoms with Crippen molar-refractivity contribution < 1.29 is 14.3 Å². The molecule has 0 saturated carbocycles. The molecule has 0 radical (unpaired) electrons. The molecule has 3 N–H and O–H groups in total. The van der Waals surface area contributed by atoms with E-state index in [2.05, 4.69) is 5.32 Å². The van der Waals surface area contributed by atoms with E-state index in [1.165, 1.54) is 0 Å². The molecule has 0 aliphatic rings. The first-order valence-corrected chi connectivity index (χ1v) is 7.36. The first kappa shape index (κ1) is 18.9. The molecule has 0 bridgehead atoms. The Morgan fingerprint density at radius 3 is 2.55 bits per heavy atom. The molecular formula is C14H29N3O3. The van der Waals surface area contributed by atoms with Gasteiger partial charge >= 0.3 is 0 Å².